The third-order valence-corrected chi connectivity index (χ3v) is 5.07. The summed E-state index contributed by atoms with van der Waals surface area (Å²) >= 11 is 0. The maximum Gasteiger partial charge on any atom is 0.305 e. The second-order valence-electron chi connectivity index (χ2n) is 6.45. The first-order chi connectivity index (χ1) is 8.58. The normalized spacial score (nSPS) is 38.4. The highest BCUT2D eigenvalue weighted by Gasteiger charge is 2.47. The average Bonchev–Trinajstić information content (AvgIpc) is 2.85. The van der Waals surface area contributed by atoms with E-state index < -0.39 is 0 Å². The van der Waals surface area contributed by atoms with E-state index in [1.807, 2.05) is 0 Å². The molecule has 2 aliphatic carbocycles. The van der Waals surface area contributed by atoms with Crippen molar-refractivity contribution >= 4 is 12.3 Å². The molecule has 18 heavy (non-hydrogen) atoms. The molecule has 0 aliphatic heterocycles. The molecule has 0 radical (unpaired) electrons. The fourth-order valence-corrected chi connectivity index (χ4v) is 4.18. The SMILES string of the molecule is COC(=O)CCCC1(C)C[C@H]2CC[C@H](C=O)[C@H]2C1. The number of aldehydes is 1. The number of esters is 1. The average molecular weight is 252 g/mol. The van der Waals surface area contributed by atoms with E-state index in [0.717, 1.165) is 25.2 Å². The van der Waals surface area contributed by atoms with Gasteiger partial charge < -0.3 is 9.53 Å². The first-order valence-electron chi connectivity index (χ1n) is 7.10. The second-order valence-corrected chi connectivity index (χ2v) is 6.45. The summed E-state index contributed by atoms with van der Waals surface area (Å²) in [6, 6.07) is 0. The summed E-state index contributed by atoms with van der Waals surface area (Å²) in [7, 11) is 1.44. The number of rotatable bonds is 5. The Labute approximate surface area is 109 Å². The Balaban J connectivity index is 1.83. The van der Waals surface area contributed by atoms with Gasteiger partial charge in [-0.3, -0.25) is 4.79 Å². The highest BCUT2D eigenvalue weighted by molar-refractivity contribution is 5.69. The first kappa shape index (κ1) is 13.6. The van der Waals surface area contributed by atoms with E-state index in [1.165, 1.54) is 32.7 Å². The number of carbonyl (C=O) groups is 2. The molecule has 1 unspecified atom stereocenters. The molecular formula is C15H24O3. The molecule has 0 N–H and O–H groups in total. The van der Waals surface area contributed by atoms with Gasteiger partial charge in [-0.15, -0.1) is 0 Å². The minimum atomic E-state index is -0.109. The second kappa shape index (κ2) is 5.41. The number of hydrogen-bond acceptors (Lipinski definition) is 3. The van der Waals surface area contributed by atoms with Gasteiger partial charge in [-0.1, -0.05) is 6.92 Å². The number of fused-ring (bicyclic) bond motifs is 1. The Morgan fingerprint density at radius 2 is 2.17 bits per heavy atom. The lowest BCUT2D eigenvalue weighted by molar-refractivity contribution is -0.140. The predicted octanol–water partition coefficient (Wildman–Crippen LogP) is 2.97. The van der Waals surface area contributed by atoms with E-state index in [4.69, 9.17) is 0 Å². The van der Waals surface area contributed by atoms with Gasteiger partial charge in [-0.25, -0.2) is 0 Å². The van der Waals surface area contributed by atoms with E-state index in [1.54, 1.807) is 0 Å². The molecule has 0 amide bonds. The number of carbonyl (C=O) groups excluding carboxylic acids is 2. The maximum atomic E-state index is 11.1. The summed E-state index contributed by atoms with van der Waals surface area (Å²) in [5.74, 6) is 1.56. The quantitative estimate of drug-likeness (QED) is 0.558. The third-order valence-electron chi connectivity index (χ3n) is 5.07. The molecule has 0 heterocycles. The van der Waals surface area contributed by atoms with Gasteiger partial charge in [0.2, 0.25) is 0 Å². The number of methoxy groups -OCH3 is 1. The lowest BCUT2D eigenvalue weighted by atomic mass is 9.80. The minimum Gasteiger partial charge on any atom is -0.469 e. The third kappa shape index (κ3) is 2.76. The summed E-state index contributed by atoms with van der Waals surface area (Å²) in [5, 5.41) is 0. The van der Waals surface area contributed by atoms with Crippen molar-refractivity contribution in [1.29, 1.82) is 0 Å². The van der Waals surface area contributed by atoms with Crippen LogP contribution in [0.4, 0.5) is 0 Å². The monoisotopic (exact) mass is 252 g/mol. The summed E-state index contributed by atoms with van der Waals surface area (Å²) in [6.45, 7) is 2.32. The van der Waals surface area contributed by atoms with Gasteiger partial charge in [0.15, 0.2) is 0 Å². The molecule has 0 aromatic rings. The van der Waals surface area contributed by atoms with E-state index in [2.05, 4.69) is 11.7 Å². The van der Waals surface area contributed by atoms with Crippen LogP contribution in [0.15, 0.2) is 0 Å². The molecule has 0 spiro atoms. The van der Waals surface area contributed by atoms with Crippen LogP contribution < -0.4 is 0 Å². The van der Waals surface area contributed by atoms with Crippen LogP contribution in [0.5, 0.6) is 0 Å². The highest BCUT2D eigenvalue weighted by Crippen LogP contribution is 2.56. The Morgan fingerprint density at radius 3 is 2.83 bits per heavy atom. The Kier molecular flexibility index (Phi) is 4.08. The summed E-state index contributed by atoms with van der Waals surface area (Å²) in [5.41, 5.74) is 0.338. The van der Waals surface area contributed by atoms with E-state index in [-0.39, 0.29) is 5.97 Å². The van der Waals surface area contributed by atoms with Crippen molar-refractivity contribution in [1.82, 2.24) is 0 Å². The molecule has 0 aromatic heterocycles. The standard InChI is InChI=1S/C15H24O3/c1-15(7-3-4-14(17)18-2)8-11-5-6-12(10-16)13(11)9-15/h10-13H,3-9H2,1-2H3/t11-,12-,13+,15?/m1/s1. The largest absolute Gasteiger partial charge is 0.469 e. The molecule has 102 valence electrons. The molecule has 4 atom stereocenters. The molecule has 3 heteroatoms. The van der Waals surface area contributed by atoms with Gasteiger partial charge in [0.25, 0.3) is 0 Å². The van der Waals surface area contributed by atoms with E-state index in [9.17, 15) is 9.59 Å². The topological polar surface area (TPSA) is 43.4 Å². The zero-order valence-corrected chi connectivity index (χ0v) is 11.5. The van der Waals surface area contributed by atoms with Gasteiger partial charge in [0.1, 0.15) is 6.29 Å². The lowest BCUT2D eigenvalue weighted by Crippen LogP contribution is -2.16. The van der Waals surface area contributed by atoms with Gasteiger partial charge in [-0.05, 0) is 55.8 Å². The summed E-state index contributed by atoms with van der Waals surface area (Å²) < 4.78 is 4.67. The molecular weight excluding hydrogens is 228 g/mol. The minimum absolute atomic E-state index is 0.109. The molecule has 0 aromatic carbocycles. The van der Waals surface area contributed by atoms with Crippen molar-refractivity contribution in [2.45, 2.75) is 51.9 Å². The van der Waals surface area contributed by atoms with Gasteiger partial charge in [-0.2, -0.15) is 0 Å². The molecule has 0 bridgehead atoms. The number of hydrogen-bond donors (Lipinski definition) is 0. The zero-order chi connectivity index (χ0) is 13.2. The Hall–Kier alpha value is -0.860. The van der Waals surface area contributed by atoms with Crippen molar-refractivity contribution in [3.8, 4) is 0 Å². The smallest absolute Gasteiger partial charge is 0.305 e. The van der Waals surface area contributed by atoms with Crippen LogP contribution in [0.2, 0.25) is 0 Å². The Bertz CT molecular complexity index is 326. The predicted molar refractivity (Wildman–Crippen MR) is 69.0 cm³/mol. The number of ether oxygens (including phenoxy) is 1. The van der Waals surface area contributed by atoms with Crippen LogP contribution in [-0.4, -0.2) is 19.4 Å². The van der Waals surface area contributed by atoms with Crippen LogP contribution in [0, 0.1) is 23.2 Å². The van der Waals surface area contributed by atoms with Crippen LogP contribution >= 0.6 is 0 Å². The van der Waals surface area contributed by atoms with Crippen LogP contribution in [-0.2, 0) is 14.3 Å². The van der Waals surface area contributed by atoms with Gasteiger partial charge >= 0.3 is 5.97 Å². The molecule has 2 aliphatic rings. The fraction of sp³-hybridized carbons (Fsp3) is 0.867. The van der Waals surface area contributed by atoms with Crippen LogP contribution in [0.3, 0.4) is 0 Å². The van der Waals surface area contributed by atoms with Crippen molar-refractivity contribution in [2.75, 3.05) is 7.11 Å². The van der Waals surface area contributed by atoms with Crippen molar-refractivity contribution in [3.63, 3.8) is 0 Å². The molecule has 0 saturated heterocycles. The maximum absolute atomic E-state index is 11.1. The molecule has 2 saturated carbocycles. The van der Waals surface area contributed by atoms with Crippen molar-refractivity contribution in [3.05, 3.63) is 0 Å². The lowest BCUT2D eigenvalue weighted by Gasteiger charge is -2.25. The van der Waals surface area contributed by atoms with Gasteiger partial charge in [0.05, 0.1) is 7.11 Å². The first-order valence-corrected chi connectivity index (χ1v) is 7.10. The zero-order valence-electron chi connectivity index (χ0n) is 11.5. The fourth-order valence-electron chi connectivity index (χ4n) is 4.18. The summed E-state index contributed by atoms with van der Waals surface area (Å²) in [4.78, 5) is 22.2. The highest BCUT2D eigenvalue weighted by atomic mass is 16.5. The molecule has 2 fully saturated rings. The van der Waals surface area contributed by atoms with E-state index >= 15 is 0 Å². The van der Waals surface area contributed by atoms with Crippen LogP contribution in [0.25, 0.3) is 0 Å². The van der Waals surface area contributed by atoms with E-state index in [0.29, 0.717) is 23.7 Å². The Morgan fingerprint density at radius 1 is 1.39 bits per heavy atom. The molecule has 3 nitrogen and oxygen atoms in total. The van der Waals surface area contributed by atoms with Crippen molar-refractivity contribution < 1.29 is 14.3 Å². The van der Waals surface area contributed by atoms with Crippen LogP contribution in [0.1, 0.15) is 51.9 Å². The van der Waals surface area contributed by atoms with Gasteiger partial charge in [0, 0.05) is 12.3 Å². The summed E-state index contributed by atoms with van der Waals surface area (Å²) in [6.07, 6.45) is 8.42. The molecule has 2 rings (SSSR count). The van der Waals surface area contributed by atoms with Crippen molar-refractivity contribution in [2.24, 2.45) is 23.2 Å².